The molecular formula is C15H17FO2. The molecule has 0 bridgehead atoms. The van der Waals surface area contributed by atoms with Crippen molar-refractivity contribution in [3.63, 3.8) is 0 Å². The van der Waals surface area contributed by atoms with Crippen molar-refractivity contribution < 1.29 is 13.9 Å². The monoisotopic (exact) mass is 248 g/mol. The van der Waals surface area contributed by atoms with Gasteiger partial charge in [0.25, 0.3) is 0 Å². The molecule has 2 nitrogen and oxygen atoms in total. The lowest BCUT2D eigenvalue weighted by Gasteiger charge is -2.25. The van der Waals surface area contributed by atoms with E-state index in [0.717, 1.165) is 18.2 Å². The highest BCUT2D eigenvalue weighted by molar-refractivity contribution is 5.77. The van der Waals surface area contributed by atoms with Crippen LogP contribution in [-0.4, -0.2) is 5.11 Å². The number of fused-ring (bicyclic) bond motifs is 1. The van der Waals surface area contributed by atoms with Crippen molar-refractivity contribution in [3.8, 4) is 0 Å². The van der Waals surface area contributed by atoms with E-state index in [4.69, 9.17) is 4.42 Å². The zero-order chi connectivity index (χ0) is 12.5. The fourth-order valence-corrected chi connectivity index (χ4v) is 2.86. The smallest absolute Gasteiger partial charge is 0.134 e. The summed E-state index contributed by atoms with van der Waals surface area (Å²) in [6, 6.07) is 6.19. The second-order valence-corrected chi connectivity index (χ2v) is 5.17. The van der Waals surface area contributed by atoms with Crippen LogP contribution in [0.2, 0.25) is 0 Å². The first-order valence-corrected chi connectivity index (χ1v) is 6.61. The molecule has 1 aliphatic rings. The van der Waals surface area contributed by atoms with E-state index in [0.29, 0.717) is 11.3 Å². The average Bonchev–Trinajstić information content (AvgIpc) is 2.81. The predicted octanol–water partition coefficient (Wildman–Crippen LogP) is 4.19. The normalized spacial score (nSPS) is 19.2. The largest absolute Gasteiger partial charge is 0.458 e. The van der Waals surface area contributed by atoms with Crippen molar-refractivity contribution in [3.05, 3.63) is 35.8 Å². The number of furan rings is 1. The number of aliphatic hydroxyl groups is 1. The van der Waals surface area contributed by atoms with Crippen LogP contribution in [0.15, 0.2) is 28.7 Å². The Labute approximate surface area is 105 Å². The van der Waals surface area contributed by atoms with Crippen LogP contribution in [0.3, 0.4) is 0 Å². The highest BCUT2D eigenvalue weighted by Gasteiger charge is 2.25. The first-order chi connectivity index (χ1) is 8.74. The van der Waals surface area contributed by atoms with E-state index in [1.165, 1.54) is 31.4 Å². The van der Waals surface area contributed by atoms with Gasteiger partial charge in [-0.25, -0.2) is 4.39 Å². The van der Waals surface area contributed by atoms with Gasteiger partial charge in [-0.2, -0.15) is 0 Å². The molecule has 1 N–H and O–H groups in total. The van der Waals surface area contributed by atoms with Crippen molar-refractivity contribution in [1.82, 2.24) is 0 Å². The van der Waals surface area contributed by atoms with Gasteiger partial charge in [0.1, 0.15) is 23.3 Å². The standard InChI is InChI=1S/C15H17FO2/c16-12-6-7-13-11(8-12)9-14(18-13)15(17)10-4-2-1-3-5-10/h6-10,15,17H,1-5H2. The second kappa shape index (κ2) is 4.73. The number of benzene rings is 1. The topological polar surface area (TPSA) is 33.4 Å². The van der Waals surface area contributed by atoms with Gasteiger partial charge in [-0.3, -0.25) is 0 Å². The first-order valence-electron chi connectivity index (χ1n) is 6.61. The maximum atomic E-state index is 13.1. The molecule has 1 aliphatic carbocycles. The number of aliphatic hydroxyl groups excluding tert-OH is 1. The molecule has 1 aromatic carbocycles. The van der Waals surface area contributed by atoms with Crippen LogP contribution >= 0.6 is 0 Å². The maximum absolute atomic E-state index is 13.1. The Bertz CT molecular complexity index is 540. The van der Waals surface area contributed by atoms with Gasteiger partial charge in [-0.1, -0.05) is 19.3 Å². The lowest BCUT2D eigenvalue weighted by Crippen LogP contribution is -2.15. The molecule has 0 amide bonds. The summed E-state index contributed by atoms with van der Waals surface area (Å²) in [4.78, 5) is 0. The Balaban J connectivity index is 1.88. The molecule has 3 heteroatoms. The van der Waals surface area contributed by atoms with Gasteiger partial charge in [-0.05, 0) is 43.0 Å². The van der Waals surface area contributed by atoms with Gasteiger partial charge in [0.15, 0.2) is 0 Å². The van der Waals surface area contributed by atoms with Crippen LogP contribution in [0, 0.1) is 11.7 Å². The van der Waals surface area contributed by atoms with Gasteiger partial charge in [0.2, 0.25) is 0 Å². The summed E-state index contributed by atoms with van der Waals surface area (Å²) in [7, 11) is 0. The Kier molecular flexibility index (Phi) is 3.08. The van der Waals surface area contributed by atoms with Crippen molar-refractivity contribution in [2.24, 2.45) is 5.92 Å². The number of hydrogen-bond donors (Lipinski definition) is 1. The number of hydrogen-bond acceptors (Lipinski definition) is 2. The Morgan fingerprint density at radius 2 is 1.94 bits per heavy atom. The fourth-order valence-electron chi connectivity index (χ4n) is 2.86. The van der Waals surface area contributed by atoms with Gasteiger partial charge >= 0.3 is 0 Å². The lowest BCUT2D eigenvalue weighted by atomic mass is 9.84. The summed E-state index contributed by atoms with van der Waals surface area (Å²) in [5, 5.41) is 11.1. The third-order valence-corrected chi connectivity index (χ3v) is 3.89. The van der Waals surface area contributed by atoms with Crippen LogP contribution in [0.25, 0.3) is 11.0 Å². The lowest BCUT2D eigenvalue weighted by molar-refractivity contribution is 0.0668. The van der Waals surface area contributed by atoms with Gasteiger partial charge in [0, 0.05) is 5.39 Å². The molecule has 1 saturated carbocycles. The van der Waals surface area contributed by atoms with Crippen molar-refractivity contribution in [2.45, 2.75) is 38.2 Å². The van der Waals surface area contributed by atoms with E-state index in [1.54, 1.807) is 12.1 Å². The van der Waals surface area contributed by atoms with Crippen molar-refractivity contribution in [2.75, 3.05) is 0 Å². The minimum absolute atomic E-state index is 0.276. The summed E-state index contributed by atoms with van der Waals surface area (Å²) < 4.78 is 18.7. The molecule has 1 atom stereocenters. The molecule has 0 radical (unpaired) electrons. The second-order valence-electron chi connectivity index (χ2n) is 5.17. The van der Waals surface area contributed by atoms with E-state index in [1.807, 2.05) is 0 Å². The first kappa shape index (κ1) is 11.7. The minimum atomic E-state index is -0.555. The van der Waals surface area contributed by atoms with Crippen molar-refractivity contribution in [1.29, 1.82) is 0 Å². The molecule has 3 rings (SSSR count). The van der Waals surface area contributed by atoms with Crippen LogP contribution in [0.1, 0.15) is 44.0 Å². The van der Waals surface area contributed by atoms with Crippen LogP contribution in [0.4, 0.5) is 4.39 Å². The Morgan fingerprint density at radius 1 is 1.17 bits per heavy atom. The summed E-state index contributed by atoms with van der Waals surface area (Å²) >= 11 is 0. The third kappa shape index (κ3) is 2.15. The van der Waals surface area contributed by atoms with Gasteiger partial charge in [-0.15, -0.1) is 0 Å². The highest BCUT2D eigenvalue weighted by Crippen LogP contribution is 2.36. The van der Waals surface area contributed by atoms with Gasteiger partial charge in [0.05, 0.1) is 0 Å². The van der Waals surface area contributed by atoms with E-state index < -0.39 is 6.10 Å². The zero-order valence-corrected chi connectivity index (χ0v) is 10.2. The predicted molar refractivity (Wildman–Crippen MR) is 67.7 cm³/mol. The SMILES string of the molecule is OC(c1cc2cc(F)ccc2o1)C1CCCCC1. The van der Waals surface area contributed by atoms with Crippen LogP contribution in [0.5, 0.6) is 0 Å². The van der Waals surface area contributed by atoms with E-state index in [2.05, 4.69) is 0 Å². The average molecular weight is 248 g/mol. The maximum Gasteiger partial charge on any atom is 0.134 e. The summed E-state index contributed by atoms with van der Waals surface area (Å²) in [6.07, 6.45) is 5.15. The molecule has 0 saturated heterocycles. The quantitative estimate of drug-likeness (QED) is 0.864. The molecule has 0 aliphatic heterocycles. The fraction of sp³-hybridized carbons (Fsp3) is 0.467. The molecule has 0 spiro atoms. The van der Waals surface area contributed by atoms with E-state index in [-0.39, 0.29) is 11.7 Å². The summed E-state index contributed by atoms with van der Waals surface area (Å²) in [5.41, 5.74) is 0.640. The Hall–Kier alpha value is -1.35. The molecule has 1 fully saturated rings. The van der Waals surface area contributed by atoms with E-state index in [9.17, 15) is 9.50 Å². The molecule has 96 valence electrons. The highest BCUT2D eigenvalue weighted by atomic mass is 19.1. The van der Waals surface area contributed by atoms with Crippen molar-refractivity contribution >= 4 is 11.0 Å². The molecule has 2 aromatic rings. The summed E-state index contributed by atoms with van der Waals surface area (Å²) in [6.45, 7) is 0. The number of rotatable bonds is 2. The zero-order valence-electron chi connectivity index (χ0n) is 10.2. The summed E-state index contributed by atoms with van der Waals surface area (Å²) in [5.74, 6) is 0.577. The Morgan fingerprint density at radius 3 is 2.72 bits per heavy atom. The molecule has 1 unspecified atom stereocenters. The van der Waals surface area contributed by atoms with E-state index >= 15 is 0 Å². The number of halogens is 1. The molecule has 18 heavy (non-hydrogen) atoms. The molecule has 1 heterocycles. The van der Waals surface area contributed by atoms with Crippen LogP contribution < -0.4 is 0 Å². The minimum Gasteiger partial charge on any atom is -0.458 e. The van der Waals surface area contributed by atoms with Gasteiger partial charge < -0.3 is 9.52 Å². The third-order valence-electron chi connectivity index (χ3n) is 3.89. The molecule has 1 aromatic heterocycles. The molecular weight excluding hydrogens is 231 g/mol. The van der Waals surface area contributed by atoms with Crippen LogP contribution in [-0.2, 0) is 0 Å².